The quantitative estimate of drug-likeness (QED) is 0.379. The molecule has 0 radical (unpaired) electrons. The minimum atomic E-state index is -0.421. The van der Waals surface area contributed by atoms with Gasteiger partial charge in [0.15, 0.2) is 5.16 Å². The van der Waals surface area contributed by atoms with Crippen LogP contribution in [0.3, 0.4) is 0 Å². The summed E-state index contributed by atoms with van der Waals surface area (Å²) in [6.07, 6.45) is 2.63. The van der Waals surface area contributed by atoms with Crippen LogP contribution in [0.4, 0.5) is 5.69 Å². The van der Waals surface area contributed by atoms with Gasteiger partial charge >= 0.3 is 5.97 Å². The molecule has 2 aromatic heterocycles. The topological polar surface area (TPSA) is 100 Å². The second-order valence-corrected chi connectivity index (χ2v) is 7.68. The highest BCUT2D eigenvalue weighted by Gasteiger charge is 2.16. The number of benzene rings is 1. The van der Waals surface area contributed by atoms with Gasteiger partial charge in [-0.1, -0.05) is 11.8 Å². The first-order chi connectivity index (χ1) is 15.0. The van der Waals surface area contributed by atoms with Crippen LogP contribution >= 0.6 is 11.8 Å². The third-order valence-electron chi connectivity index (χ3n) is 4.63. The van der Waals surface area contributed by atoms with E-state index in [1.807, 2.05) is 34.5 Å². The molecule has 0 saturated heterocycles. The van der Waals surface area contributed by atoms with Crippen molar-refractivity contribution in [2.24, 2.45) is 7.05 Å². The number of hydrogen-bond acceptors (Lipinski definition) is 7. The predicted octanol–water partition coefficient (Wildman–Crippen LogP) is 2.37. The number of esters is 1. The zero-order chi connectivity index (χ0) is 22.2. The summed E-state index contributed by atoms with van der Waals surface area (Å²) >= 11 is 1.31. The molecular formula is C21H25N5O4S. The molecule has 1 aromatic carbocycles. The average Bonchev–Trinajstić information content (AvgIpc) is 3.36. The standard InChI is InChI=1S/C21H25N5O4S/c1-25-10-4-5-17(25)13-18-23-24-21(26(18)11-12-29-2)31-14-19(27)22-16-8-6-15(7-9-16)20(28)30-3/h4-10H,11-14H2,1-3H3,(H,22,27). The molecule has 1 N–H and O–H groups in total. The lowest BCUT2D eigenvalue weighted by molar-refractivity contribution is -0.113. The fourth-order valence-corrected chi connectivity index (χ4v) is 3.72. The maximum Gasteiger partial charge on any atom is 0.337 e. The van der Waals surface area contributed by atoms with Gasteiger partial charge in [-0.3, -0.25) is 4.79 Å². The summed E-state index contributed by atoms with van der Waals surface area (Å²) in [6, 6.07) is 10.6. The first kappa shape index (κ1) is 22.6. The van der Waals surface area contributed by atoms with Gasteiger partial charge < -0.3 is 23.9 Å². The third-order valence-corrected chi connectivity index (χ3v) is 5.59. The SMILES string of the molecule is COCCn1c(Cc2cccn2C)nnc1SCC(=O)Nc1ccc(C(=O)OC)cc1. The number of ether oxygens (including phenoxy) is 2. The number of rotatable bonds is 10. The van der Waals surface area contributed by atoms with Crippen molar-refractivity contribution >= 4 is 29.3 Å². The summed E-state index contributed by atoms with van der Waals surface area (Å²) in [7, 11) is 4.96. The van der Waals surface area contributed by atoms with Gasteiger partial charge in [-0.05, 0) is 36.4 Å². The molecule has 2 heterocycles. The molecule has 0 aliphatic rings. The Morgan fingerprint density at radius 2 is 1.90 bits per heavy atom. The zero-order valence-corrected chi connectivity index (χ0v) is 18.5. The van der Waals surface area contributed by atoms with Crippen molar-refractivity contribution in [1.82, 2.24) is 19.3 Å². The monoisotopic (exact) mass is 443 g/mol. The van der Waals surface area contributed by atoms with Crippen molar-refractivity contribution in [1.29, 1.82) is 0 Å². The molecule has 9 nitrogen and oxygen atoms in total. The Bertz CT molecular complexity index is 1030. The van der Waals surface area contributed by atoms with E-state index >= 15 is 0 Å². The molecule has 3 aromatic rings. The van der Waals surface area contributed by atoms with Gasteiger partial charge in [-0.15, -0.1) is 10.2 Å². The molecule has 3 rings (SSSR count). The Morgan fingerprint density at radius 3 is 2.55 bits per heavy atom. The van der Waals surface area contributed by atoms with Crippen LogP contribution in [0, 0.1) is 0 Å². The smallest absolute Gasteiger partial charge is 0.337 e. The molecule has 0 atom stereocenters. The van der Waals surface area contributed by atoms with Crippen LogP contribution in [-0.4, -0.2) is 57.8 Å². The molecule has 31 heavy (non-hydrogen) atoms. The number of aryl methyl sites for hydroxylation is 1. The molecule has 10 heteroatoms. The summed E-state index contributed by atoms with van der Waals surface area (Å²) in [4.78, 5) is 23.9. The van der Waals surface area contributed by atoms with Crippen molar-refractivity contribution in [3.63, 3.8) is 0 Å². The third kappa shape index (κ3) is 5.96. The number of amides is 1. The largest absolute Gasteiger partial charge is 0.465 e. The molecule has 0 saturated carbocycles. The highest BCUT2D eigenvalue weighted by Crippen LogP contribution is 2.20. The fourth-order valence-electron chi connectivity index (χ4n) is 2.94. The van der Waals surface area contributed by atoms with Crippen LogP contribution < -0.4 is 5.32 Å². The Morgan fingerprint density at radius 1 is 1.13 bits per heavy atom. The molecule has 0 spiro atoms. The molecule has 0 unspecified atom stereocenters. The van der Waals surface area contributed by atoms with E-state index in [-0.39, 0.29) is 11.7 Å². The summed E-state index contributed by atoms with van der Waals surface area (Å²) in [5, 5.41) is 12.1. The van der Waals surface area contributed by atoms with Crippen molar-refractivity contribution in [3.8, 4) is 0 Å². The number of anilines is 1. The van der Waals surface area contributed by atoms with Crippen molar-refractivity contribution in [2.75, 3.05) is 31.9 Å². The van der Waals surface area contributed by atoms with Crippen LogP contribution in [-0.2, 0) is 34.3 Å². The van der Waals surface area contributed by atoms with Gasteiger partial charge in [0.2, 0.25) is 5.91 Å². The maximum absolute atomic E-state index is 12.4. The van der Waals surface area contributed by atoms with Gasteiger partial charge in [0.1, 0.15) is 5.82 Å². The first-order valence-corrected chi connectivity index (χ1v) is 10.6. The molecular weight excluding hydrogens is 418 g/mol. The Kier molecular flexibility index (Phi) is 7.85. The first-order valence-electron chi connectivity index (χ1n) is 9.64. The van der Waals surface area contributed by atoms with E-state index in [9.17, 15) is 9.59 Å². The van der Waals surface area contributed by atoms with Crippen molar-refractivity contribution in [3.05, 3.63) is 59.7 Å². The number of nitrogens with one attached hydrogen (secondary N) is 1. The van der Waals surface area contributed by atoms with Gasteiger partial charge in [0.05, 0.1) is 25.0 Å². The zero-order valence-electron chi connectivity index (χ0n) is 17.7. The summed E-state index contributed by atoms with van der Waals surface area (Å²) in [5.74, 6) is 0.393. The number of thioether (sulfide) groups is 1. The number of carbonyl (C=O) groups excluding carboxylic acids is 2. The number of methoxy groups -OCH3 is 2. The molecule has 0 aliphatic heterocycles. The van der Waals surface area contributed by atoms with E-state index in [0.29, 0.717) is 36.0 Å². The number of aromatic nitrogens is 4. The van der Waals surface area contributed by atoms with E-state index in [2.05, 4.69) is 20.3 Å². The van der Waals surface area contributed by atoms with Crippen LogP contribution in [0.15, 0.2) is 47.8 Å². The van der Waals surface area contributed by atoms with E-state index in [4.69, 9.17) is 4.74 Å². The lowest BCUT2D eigenvalue weighted by Gasteiger charge is -2.10. The number of nitrogens with zero attached hydrogens (tertiary/aromatic N) is 4. The van der Waals surface area contributed by atoms with Gasteiger partial charge in [-0.25, -0.2) is 4.79 Å². The summed E-state index contributed by atoms with van der Waals surface area (Å²) < 4.78 is 13.9. The van der Waals surface area contributed by atoms with Crippen molar-refractivity contribution in [2.45, 2.75) is 18.1 Å². The van der Waals surface area contributed by atoms with Crippen LogP contribution in [0.5, 0.6) is 0 Å². The lowest BCUT2D eigenvalue weighted by Crippen LogP contribution is -2.16. The highest BCUT2D eigenvalue weighted by molar-refractivity contribution is 7.99. The molecule has 0 bridgehead atoms. The maximum atomic E-state index is 12.4. The highest BCUT2D eigenvalue weighted by atomic mass is 32.2. The van der Waals surface area contributed by atoms with Crippen LogP contribution in [0.2, 0.25) is 0 Å². The molecule has 1 amide bonds. The van der Waals surface area contributed by atoms with E-state index < -0.39 is 5.97 Å². The predicted molar refractivity (Wildman–Crippen MR) is 117 cm³/mol. The normalized spacial score (nSPS) is 10.8. The molecule has 0 fully saturated rings. The number of hydrogen-bond donors (Lipinski definition) is 1. The van der Waals surface area contributed by atoms with Gasteiger partial charge in [0.25, 0.3) is 0 Å². The minimum absolute atomic E-state index is 0.175. The molecule has 0 aliphatic carbocycles. The second kappa shape index (κ2) is 10.8. The fraction of sp³-hybridized carbons (Fsp3) is 0.333. The number of carbonyl (C=O) groups is 2. The van der Waals surface area contributed by atoms with Crippen LogP contribution in [0.25, 0.3) is 0 Å². The van der Waals surface area contributed by atoms with Crippen LogP contribution in [0.1, 0.15) is 21.9 Å². The minimum Gasteiger partial charge on any atom is -0.465 e. The van der Waals surface area contributed by atoms with Gasteiger partial charge in [0, 0.05) is 44.7 Å². The average molecular weight is 444 g/mol. The Labute approximate surface area is 184 Å². The summed E-state index contributed by atoms with van der Waals surface area (Å²) in [6.45, 7) is 1.12. The summed E-state index contributed by atoms with van der Waals surface area (Å²) in [5.41, 5.74) is 2.14. The van der Waals surface area contributed by atoms with E-state index in [1.54, 1.807) is 31.4 Å². The van der Waals surface area contributed by atoms with Gasteiger partial charge in [-0.2, -0.15) is 0 Å². The van der Waals surface area contributed by atoms with Crippen molar-refractivity contribution < 1.29 is 19.1 Å². The molecule has 164 valence electrons. The van der Waals surface area contributed by atoms with E-state index in [0.717, 1.165) is 11.5 Å². The Balaban J connectivity index is 1.62. The lowest BCUT2D eigenvalue weighted by atomic mass is 10.2. The van der Waals surface area contributed by atoms with E-state index in [1.165, 1.54) is 18.9 Å². The Hall–Kier alpha value is -3.11. The second-order valence-electron chi connectivity index (χ2n) is 6.74.